The molecule has 2 aromatic rings. The summed E-state index contributed by atoms with van der Waals surface area (Å²) in [5.41, 5.74) is 6.30. The summed E-state index contributed by atoms with van der Waals surface area (Å²) in [5.74, 6) is -0.963. The molecule has 0 bridgehead atoms. The van der Waals surface area contributed by atoms with Crippen LogP contribution in [0.5, 0.6) is 0 Å². The molecule has 5 heteroatoms. The van der Waals surface area contributed by atoms with E-state index in [1.807, 2.05) is 24.3 Å². The molecule has 5 nitrogen and oxygen atoms in total. The maximum absolute atomic E-state index is 11.6. The van der Waals surface area contributed by atoms with E-state index in [0.29, 0.717) is 5.69 Å². The number of rotatable bonds is 2. The van der Waals surface area contributed by atoms with Crippen LogP contribution in [0.15, 0.2) is 30.3 Å². The second-order valence-electron chi connectivity index (χ2n) is 3.35. The van der Waals surface area contributed by atoms with E-state index in [1.54, 1.807) is 6.07 Å². The minimum atomic E-state index is -0.497. The number of hydrogen-bond donors (Lipinski definition) is 3. The zero-order chi connectivity index (χ0) is 11.5. The highest BCUT2D eigenvalue weighted by molar-refractivity contribution is 6.06. The van der Waals surface area contributed by atoms with E-state index in [0.717, 1.165) is 10.9 Å². The molecular weight excluding hydrogens is 206 g/mol. The molecule has 0 spiro atoms. The predicted octanol–water partition coefficient (Wildman–Crippen LogP) is 0.383. The highest BCUT2D eigenvalue weighted by atomic mass is 16.2. The summed E-state index contributed by atoms with van der Waals surface area (Å²) in [6.07, 6.45) is 0. The lowest BCUT2D eigenvalue weighted by molar-refractivity contribution is -0.118. The Kier molecular flexibility index (Phi) is 2.70. The first-order chi connectivity index (χ1) is 7.70. The van der Waals surface area contributed by atoms with E-state index in [-0.39, 0.29) is 6.54 Å². The van der Waals surface area contributed by atoms with Gasteiger partial charge in [0.25, 0.3) is 5.91 Å². The summed E-state index contributed by atoms with van der Waals surface area (Å²) >= 11 is 0. The van der Waals surface area contributed by atoms with Gasteiger partial charge in [0.15, 0.2) is 0 Å². The van der Waals surface area contributed by atoms with Crippen LogP contribution in [0.25, 0.3) is 10.9 Å². The molecule has 0 radical (unpaired) electrons. The molecule has 16 heavy (non-hydrogen) atoms. The molecule has 1 aromatic carbocycles. The maximum atomic E-state index is 11.6. The van der Waals surface area contributed by atoms with E-state index in [2.05, 4.69) is 10.3 Å². The van der Waals surface area contributed by atoms with Gasteiger partial charge in [0.1, 0.15) is 5.69 Å². The van der Waals surface area contributed by atoms with Crippen molar-refractivity contribution in [2.45, 2.75) is 0 Å². The number of carbonyl (C=O) groups excluding carboxylic acids is 2. The molecule has 0 fully saturated rings. The van der Waals surface area contributed by atoms with Crippen LogP contribution in [0.3, 0.4) is 0 Å². The van der Waals surface area contributed by atoms with Crippen LogP contribution < -0.4 is 11.1 Å². The summed E-state index contributed by atoms with van der Waals surface area (Å²) in [4.78, 5) is 25.4. The molecule has 2 amide bonds. The monoisotopic (exact) mass is 217 g/mol. The number of aromatic nitrogens is 1. The lowest BCUT2D eigenvalue weighted by atomic mass is 10.2. The zero-order valence-corrected chi connectivity index (χ0v) is 8.49. The average molecular weight is 217 g/mol. The van der Waals surface area contributed by atoms with E-state index in [9.17, 15) is 9.59 Å². The second kappa shape index (κ2) is 4.16. The molecular formula is C11H11N3O2. The average Bonchev–Trinajstić information content (AvgIpc) is 2.72. The van der Waals surface area contributed by atoms with Gasteiger partial charge in [-0.25, -0.2) is 0 Å². The highest BCUT2D eigenvalue weighted by Crippen LogP contribution is 2.14. The van der Waals surface area contributed by atoms with Crippen molar-refractivity contribution >= 4 is 22.7 Å². The molecule has 0 aliphatic carbocycles. The maximum Gasteiger partial charge on any atom is 0.274 e. The smallest absolute Gasteiger partial charge is 0.274 e. The van der Waals surface area contributed by atoms with Gasteiger partial charge in [-0.05, 0) is 12.1 Å². The molecule has 1 aromatic heterocycles. The number of H-pyrrole nitrogens is 1. The number of carbonyl (C=O) groups is 2. The molecule has 2 rings (SSSR count). The zero-order valence-electron chi connectivity index (χ0n) is 8.49. The van der Waals surface area contributed by atoms with Gasteiger partial charge in [0.2, 0.25) is 5.91 Å². The van der Waals surface area contributed by atoms with Crippen LogP contribution in [0.1, 0.15) is 10.5 Å². The van der Waals surface area contributed by atoms with Crippen LogP contribution in [0.2, 0.25) is 0 Å². The Morgan fingerprint density at radius 3 is 2.75 bits per heavy atom. The van der Waals surface area contributed by atoms with Crippen molar-refractivity contribution in [3.05, 3.63) is 36.0 Å². The van der Waals surface area contributed by atoms with Gasteiger partial charge in [-0.15, -0.1) is 0 Å². The molecule has 0 unspecified atom stereocenters. The van der Waals surface area contributed by atoms with Crippen LogP contribution in [-0.4, -0.2) is 23.3 Å². The summed E-state index contributed by atoms with van der Waals surface area (Å²) in [6, 6.07) is 9.17. The Morgan fingerprint density at radius 2 is 2.06 bits per heavy atom. The van der Waals surface area contributed by atoms with Gasteiger partial charge in [-0.2, -0.15) is 0 Å². The number of nitrogens with one attached hydrogen (secondary N) is 2. The lowest BCUT2D eigenvalue weighted by Gasteiger charge is -1.98. The standard InChI is InChI=1S/C11H11N3O2/c12-6-10(15)14-11(16)9-5-7-3-1-2-4-8(7)13-9/h1-5,13H,6,12H2,(H,14,15,16). The molecule has 0 atom stereocenters. The van der Waals surface area contributed by atoms with E-state index >= 15 is 0 Å². The quantitative estimate of drug-likeness (QED) is 0.679. The van der Waals surface area contributed by atoms with Crippen molar-refractivity contribution in [3.8, 4) is 0 Å². The molecule has 0 saturated carbocycles. The van der Waals surface area contributed by atoms with Gasteiger partial charge in [0.05, 0.1) is 6.54 Å². The van der Waals surface area contributed by atoms with Gasteiger partial charge in [-0.3, -0.25) is 14.9 Å². The minimum Gasteiger partial charge on any atom is -0.351 e. The van der Waals surface area contributed by atoms with E-state index < -0.39 is 11.8 Å². The Hall–Kier alpha value is -2.14. The number of imide groups is 1. The van der Waals surface area contributed by atoms with Crippen LogP contribution in [-0.2, 0) is 4.79 Å². The van der Waals surface area contributed by atoms with E-state index in [1.165, 1.54) is 0 Å². The number of aromatic amines is 1. The summed E-state index contributed by atoms with van der Waals surface area (Å²) in [5, 5.41) is 3.10. The van der Waals surface area contributed by atoms with Gasteiger partial charge >= 0.3 is 0 Å². The fourth-order valence-electron chi connectivity index (χ4n) is 1.44. The van der Waals surface area contributed by atoms with Crippen molar-refractivity contribution in [3.63, 3.8) is 0 Å². The molecule has 0 saturated heterocycles. The van der Waals surface area contributed by atoms with Crippen molar-refractivity contribution < 1.29 is 9.59 Å². The van der Waals surface area contributed by atoms with E-state index in [4.69, 9.17) is 5.73 Å². The van der Waals surface area contributed by atoms with Gasteiger partial charge < -0.3 is 10.7 Å². The van der Waals surface area contributed by atoms with Crippen LogP contribution in [0.4, 0.5) is 0 Å². The van der Waals surface area contributed by atoms with Crippen molar-refractivity contribution in [1.82, 2.24) is 10.3 Å². The number of hydrogen-bond acceptors (Lipinski definition) is 3. The Balaban J connectivity index is 2.26. The second-order valence-corrected chi connectivity index (χ2v) is 3.35. The topological polar surface area (TPSA) is 88.0 Å². The SMILES string of the molecule is NCC(=O)NC(=O)c1cc2ccccc2[nH]1. The van der Waals surface area contributed by atoms with Crippen LogP contribution >= 0.6 is 0 Å². The van der Waals surface area contributed by atoms with Crippen molar-refractivity contribution in [2.24, 2.45) is 5.73 Å². The molecule has 1 heterocycles. The normalized spacial score (nSPS) is 10.3. The van der Waals surface area contributed by atoms with Crippen LogP contribution in [0, 0.1) is 0 Å². The number of benzene rings is 1. The number of amides is 2. The fourth-order valence-corrected chi connectivity index (χ4v) is 1.44. The molecule has 4 N–H and O–H groups in total. The third-order valence-corrected chi connectivity index (χ3v) is 2.21. The largest absolute Gasteiger partial charge is 0.351 e. The first kappa shape index (κ1) is 10.4. The summed E-state index contributed by atoms with van der Waals surface area (Å²) in [7, 11) is 0. The number of para-hydroxylation sites is 1. The summed E-state index contributed by atoms with van der Waals surface area (Å²) in [6.45, 7) is -0.202. The Morgan fingerprint density at radius 1 is 1.31 bits per heavy atom. The number of nitrogens with two attached hydrogens (primary N) is 1. The van der Waals surface area contributed by atoms with Crippen molar-refractivity contribution in [2.75, 3.05) is 6.54 Å². The molecule has 0 aliphatic rings. The fraction of sp³-hybridized carbons (Fsp3) is 0.0909. The Labute approximate surface area is 91.6 Å². The third kappa shape index (κ3) is 1.94. The first-order valence-electron chi connectivity index (χ1n) is 4.82. The van der Waals surface area contributed by atoms with Crippen molar-refractivity contribution in [1.29, 1.82) is 0 Å². The predicted molar refractivity (Wildman–Crippen MR) is 59.8 cm³/mol. The van der Waals surface area contributed by atoms with Gasteiger partial charge in [0, 0.05) is 10.9 Å². The first-order valence-corrected chi connectivity index (χ1v) is 4.82. The van der Waals surface area contributed by atoms with Gasteiger partial charge in [-0.1, -0.05) is 18.2 Å². The minimum absolute atomic E-state index is 0.202. The molecule has 82 valence electrons. The molecule has 0 aliphatic heterocycles. The summed E-state index contributed by atoms with van der Waals surface area (Å²) < 4.78 is 0. The lowest BCUT2D eigenvalue weighted by Crippen LogP contribution is -2.35. The third-order valence-electron chi connectivity index (χ3n) is 2.21. The highest BCUT2D eigenvalue weighted by Gasteiger charge is 2.11. The Bertz CT molecular complexity index is 512. The number of fused-ring (bicyclic) bond motifs is 1.